The first-order valence-corrected chi connectivity index (χ1v) is 16.3. The number of hydrogen-bond donors (Lipinski definition) is 0. The predicted octanol–water partition coefficient (Wildman–Crippen LogP) is 11.4. The zero-order valence-electron chi connectivity index (χ0n) is 31.8. The van der Waals surface area contributed by atoms with Crippen molar-refractivity contribution < 1.29 is 0 Å². The highest BCUT2D eigenvalue weighted by molar-refractivity contribution is 5.95. The molecule has 0 N–H and O–H groups in total. The monoisotopic (exact) mass is 603 g/mol. The van der Waals surface area contributed by atoms with E-state index in [1.54, 1.807) is 0 Å². The standard InChI is InChI=1S/2C16H21N.C10H15N/c1-8-9(2)13(6)16-15(11(8)4)12(5)10(3)14(7)17-16;1-8-9(2)11(4)16-14(7)17-13(6)12(5)15(16)10(8)3;1-6-7(2)9(4)11-10(5)8(6)3/h2*1-7H3;1-5H3. The van der Waals surface area contributed by atoms with Gasteiger partial charge in [0.1, 0.15) is 0 Å². The first-order valence-electron chi connectivity index (χ1n) is 16.3. The van der Waals surface area contributed by atoms with Crippen LogP contribution in [0.1, 0.15) is 106 Å². The van der Waals surface area contributed by atoms with Crippen molar-refractivity contribution in [2.45, 2.75) is 132 Å². The molecule has 5 rings (SSSR count). The van der Waals surface area contributed by atoms with Gasteiger partial charge in [0.25, 0.3) is 0 Å². The van der Waals surface area contributed by atoms with Crippen LogP contribution in [0.15, 0.2) is 0 Å². The Bertz CT molecular complexity index is 1920. The molecule has 0 radical (unpaired) electrons. The lowest BCUT2D eigenvalue weighted by molar-refractivity contribution is 1.03. The molecule has 0 unspecified atom stereocenters. The normalized spacial score (nSPS) is 11.0. The molecule has 0 fully saturated rings. The second kappa shape index (κ2) is 13.4. The van der Waals surface area contributed by atoms with Crippen LogP contribution < -0.4 is 0 Å². The number of aryl methyl sites for hydroxylation is 11. The van der Waals surface area contributed by atoms with E-state index in [0.717, 1.165) is 28.5 Å². The van der Waals surface area contributed by atoms with E-state index in [1.807, 2.05) is 0 Å². The van der Waals surface area contributed by atoms with Gasteiger partial charge in [0.15, 0.2) is 0 Å². The SMILES string of the molecule is Cc1nc(C)c(C)c(C)c1C.Cc1nc(C)c2c(C)c(C)c(C)c(C)c2c1C.Cc1nc2c(C)c(C)c(C)c(C)c2c(C)c1C. The average Bonchev–Trinajstić information content (AvgIpc) is 2.99. The van der Waals surface area contributed by atoms with Crippen molar-refractivity contribution in [3.8, 4) is 0 Å². The molecule has 5 aromatic rings. The van der Waals surface area contributed by atoms with E-state index in [0.29, 0.717) is 0 Å². The van der Waals surface area contributed by atoms with Crippen molar-refractivity contribution in [2.75, 3.05) is 0 Å². The molecular formula is C42H57N3. The third-order valence-corrected chi connectivity index (χ3v) is 11.3. The largest absolute Gasteiger partial charge is 0.258 e. The Labute approximate surface area is 274 Å². The molecule has 0 bridgehead atoms. The predicted molar refractivity (Wildman–Crippen MR) is 198 cm³/mol. The summed E-state index contributed by atoms with van der Waals surface area (Å²) in [7, 11) is 0. The van der Waals surface area contributed by atoms with E-state index in [2.05, 4.69) is 142 Å². The summed E-state index contributed by atoms with van der Waals surface area (Å²) < 4.78 is 0. The van der Waals surface area contributed by atoms with E-state index >= 15 is 0 Å². The smallest absolute Gasteiger partial charge is 0.0742 e. The molecule has 45 heavy (non-hydrogen) atoms. The molecule has 3 nitrogen and oxygen atoms in total. The topological polar surface area (TPSA) is 38.7 Å². The highest BCUT2D eigenvalue weighted by Crippen LogP contribution is 2.34. The summed E-state index contributed by atoms with van der Waals surface area (Å²) in [6, 6.07) is 0. The minimum Gasteiger partial charge on any atom is -0.258 e. The van der Waals surface area contributed by atoms with Gasteiger partial charge < -0.3 is 0 Å². The Morgan fingerprint density at radius 1 is 0.200 bits per heavy atom. The Kier molecular flexibility index (Phi) is 10.7. The number of nitrogens with zero attached hydrogens (tertiary/aromatic N) is 3. The van der Waals surface area contributed by atoms with E-state index in [-0.39, 0.29) is 0 Å². The van der Waals surface area contributed by atoms with Crippen LogP contribution in [0, 0.1) is 132 Å². The van der Waals surface area contributed by atoms with Crippen LogP contribution in [0.2, 0.25) is 0 Å². The van der Waals surface area contributed by atoms with E-state index in [4.69, 9.17) is 4.98 Å². The van der Waals surface area contributed by atoms with E-state index < -0.39 is 0 Å². The maximum Gasteiger partial charge on any atom is 0.0742 e. The highest BCUT2D eigenvalue weighted by atomic mass is 14.7. The zero-order chi connectivity index (χ0) is 34.4. The van der Waals surface area contributed by atoms with Crippen LogP contribution in [0.5, 0.6) is 0 Å². The molecule has 0 aliphatic rings. The van der Waals surface area contributed by atoms with Gasteiger partial charge in [-0.05, 0) is 215 Å². The van der Waals surface area contributed by atoms with Crippen molar-refractivity contribution in [1.29, 1.82) is 0 Å². The Morgan fingerprint density at radius 3 is 0.978 bits per heavy atom. The molecule has 0 saturated carbocycles. The number of pyridine rings is 3. The number of hydrogen-bond acceptors (Lipinski definition) is 3. The van der Waals surface area contributed by atoms with Crippen molar-refractivity contribution in [1.82, 2.24) is 15.0 Å². The summed E-state index contributed by atoms with van der Waals surface area (Å²) >= 11 is 0. The maximum absolute atomic E-state index is 4.80. The van der Waals surface area contributed by atoms with Gasteiger partial charge in [-0.25, -0.2) is 0 Å². The summed E-state index contributed by atoms with van der Waals surface area (Å²) in [6.45, 7) is 41.1. The lowest BCUT2D eigenvalue weighted by Gasteiger charge is -2.18. The van der Waals surface area contributed by atoms with Crippen molar-refractivity contribution >= 4 is 21.7 Å². The van der Waals surface area contributed by atoms with Crippen LogP contribution in [0.4, 0.5) is 0 Å². The van der Waals surface area contributed by atoms with Crippen molar-refractivity contribution in [3.05, 3.63) is 106 Å². The molecule has 0 aliphatic carbocycles. The minimum absolute atomic E-state index is 1.15. The quantitative estimate of drug-likeness (QED) is 0.177. The first-order chi connectivity index (χ1) is 20.8. The molecule has 2 aromatic carbocycles. The summed E-state index contributed by atoms with van der Waals surface area (Å²) in [4.78, 5) is 13.9. The highest BCUT2D eigenvalue weighted by Gasteiger charge is 2.16. The molecule has 240 valence electrons. The fraction of sp³-hybridized carbons (Fsp3) is 0.452. The van der Waals surface area contributed by atoms with Crippen molar-refractivity contribution in [3.63, 3.8) is 0 Å². The fourth-order valence-corrected chi connectivity index (χ4v) is 6.65. The zero-order valence-corrected chi connectivity index (χ0v) is 31.8. The average molecular weight is 604 g/mol. The van der Waals surface area contributed by atoms with Crippen LogP contribution in [0.25, 0.3) is 21.7 Å². The van der Waals surface area contributed by atoms with Gasteiger partial charge in [-0.15, -0.1) is 0 Å². The molecule has 0 aliphatic heterocycles. The third-order valence-electron chi connectivity index (χ3n) is 11.3. The Hall–Kier alpha value is -3.59. The molecule has 0 amide bonds. The summed E-state index contributed by atoms with van der Waals surface area (Å²) in [5.41, 5.74) is 26.2. The molecule has 0 atom stereocenters. The lowest BCUT2D eigenvalue weighted by Crippen LogP contribution is -2.01. The van der Waals surface area contributed by atoms with Gasteiger partial charge in [0, 0.05) is 39.2 Å². The van der Waals surface area contributed by atoms with Gasteiger partial charge in [0.05, 0.1) is 5.52 Å². The van der Waals surface area contributed by atoms with Crippen molar-refractivity contribution in [2.24, 2.45) is 0 Å². The molecule has 3 heterocycles. The first kappa shape index (κ1) is 35.9. The lowest BCUT2D eigenvalue weighted by atomic mass is 9.89. The van der Waals surface area contributed by atoms with Gasteiger partial charge in [0.2, 0.25) is 0 Å². The summed E-state index contributed by atoms with van der Waals surface area (Å²) in [5.74, 6) is 0. The van der Waals surface area contributed by atoms with Gasteiger partial charge >= 0.3 is 0 Å². The number of rotatable bonds is 0. The van der Waals surface area contributed by atoms with Crippen LogP contribution in [-0.2, 0) is 0 Å². The summed E-state index contributed by atoms with van der Waals surface area (Å²) in [6.07, 6.45) is 0. The molecule has 3 heteroatoms. The van der Waals surface area contributed by atoms with Crippen LogP contribution >= 0.6 is 0 Å². The van der Waals surface area contributed by atoms with Gasteiger partial charge in [-0.2, -0.15) is 0 Å². The minimum atomic E-state index is 1.15. The van der Waals surface area contributed by atoms with E-state index in [1.165, 1.54) is 99.6 Å². The molecule has 0 saturated heterocycles. The number of fused-ring (bicyclic) bond motifs is 2. The summed E-state index contributed by atoms with van der Waals surface area (Å²) in [5, 5.41) is 4.12. The van der Waals surface area contributed by atoms with Gasteiger partial charge in [-0.1, -0.05) is 0 Å². The number of benzene rings is 2. The molecule has 3 aromatic heterocycles. The second-order valence-corrected chi connectivity index (χ2v) is 13.5. The molecule has 0 spiro atoms. The third kappa shape index (κ3) is 6.41. The van der Waals surface area contributed by atoms with Crippen LogP contribution in [-0.4, -0.2) is 15.0 Å². The fourth-order valence-electron chi connectivity index (χ4n) is 6.65. The molecular weight excluding hydrogens is 546 g/mol. The Morgan fingerprint density at radius 2 is 0.489 bits per heavy atom. The number of aromatic nitrogens is 3. The van der Waals surface area contributed by atoms with Gasteiger partial charge in [-0.3, -0.25) is 15.0 Å². The van der Waals surface area contributed by atoms with Crippen LogP contribution in [0.3, 0.4) is 0 Å². The Balaban J connectivity index is 0.000000189. The van der Waals surface area contributed by atoms with E-state index in [9.17, 15) is 0 Å². The second-order valence-electron chi connectivity index (χ2n) is 13.5. The maximum atomic E-state index is 4.80.